The lowest BCUT2D eigenvalue weighted by Gasteiger charge is -2.15. The number of benzene rings is 1. The lowest BCUT2D eigenvalue weighted by molar-refractivity contribution is 0.321. The van der Waals surface area contributed by atoms with Crippen LogP contribution in [0.4, 0.5) is 0 Å². The minimum atomic E-state index is 0.526. The van der Waals surface area contributed by atoms with Crippen molar-refractivity contribution in [1.29, 1.82) is 0 Å². The zero-order chi connectivity index (χ0) is 17.4. The van der Waals surface area contributed by atoms with E-state index in [4.69, 9.17) is 20.4 Å². The number of nitrogens with zero attached hydrogens (tertiary/aromatic N) is 2. The Hall–Kier alpha value is -2.04. The van der Waals surface area contributed by atoms with Crippen molar-refractivity contribution in [2.75, 3.05) is 13.1 Å². The molecule has 0 N–H and O–H groups in total. The first-order chi connectivity index (χ1) is 12.1. The van der Waals surface area contributed by atoms with Crippen LogP contribution in [0.3, 0.4) is 0 Å². The highest BCUT2D eigenvalue weighted by molar-refractivity contribution is 6.30. The van der Waals surface area contributed by atoms with Crippen LogP contribution in [0.1, 0.15) is 35.1 Å². The van der Waals surface area contributed by atoms with E-state index in [1.165, 1.54) is 5.56 Å². The SMILES string of the molecule is Cc1ccc(-c2nc(CN3CCC(c4cccc(Cl)c4)C3)c(C)o2)o1. The van der Waals surface area contributed by atoms with E-state index >= 15 is 0 Å². The third-order valence-electron chi connectivity index (χ3n) is 4.81. The molecule has 1 atom stereocenters. The molecular weight excluding hydrogens is 336 g/mol. The second-order valence-electron chi connectivity index (χ2n) is 6.71. The number of hydrogen-bond acceptors (Lipinski definition) is 4. The number of oxazole rings is 1. The van der Waals surface area contributed by atoms with Gasteiger partial charge in [0.15, 0.2) is 5.76 Å². The van der Waals surface area contributed by atoms with Crippen LogP contribution in [-0.4, -0.2) is 23.0 Å². The Morgan fingerprint density at radius 2 is 2.08 bits per heavy atom. The maximum absolute atomic E-state index is 6.13. The molecule has 0 spiro atoms. The molecule has 3 aromatic rings. The van der Waals surface area contributed by atoms with E-state index in [0.717, 1.165) is 48.3 Å². The van der Waals surface area contributed by atoms with E-state index in [-0.39, 0.29) is 0 Å². The van der Waals surface area contributed by atoms with E-state index in [2.05, 4.69) is 22.0 Å². The van der Waals surface area contributed by atoms with Crippen LogP contribution < -0.4 is 0 Å². The van der Waals surface area contributed by atoms with E-state index in [1.54, 1.807) is 0 Å². The molecule has 1 saturated heterocycles. The average Bonchev–Trinajstić information content (AvgIpc) is 3.29. The number of rotatable bonds is 4. The van der Waals surface area contributed by atoms with Gasteiger partial charge in [0.2, 0.25) is 0 Å². The maximum atomic E-state index is 6.13. The smallest absolute Gasteiger partial charge is 0.263 e. The molecule has 0 amide bonds. The molecule has 4 rings (SSSR count). The largest absolute Gasteiger partial charge is 0.456 e. The summed E-state index contributed by atoms with van der Waals surface area (Å²) in [6.45, 7) is 6.75. The van der Waals surface area contributed by atoms with Crippen molar-refractivity contribution in [3.05, 3.63) is 64.2 Å². The van der Waals surface area contributed by atoms with Crippen LogP contribution in [0.5, 0.6) is 0 Å². The third-order valence-corrected chi connectivity index (χ3v) is 5.04. The van der Waals surface area contributed by atoms with Gasteiger partial charge in [-0.15, -0.1) is 0 Å². The summed E-state index contributed by atoms with van der Waals surface area (Å²) in [5.74, 6) is 3.49. The molecule has 0 radical (unpaired) electrons. The molecule has 3 heterocycles. The highest BCUT2D eigenvalue weighted by atomic mass is 35.5. The summed E-state index contributed by atoms with van der Waals surface area (Å²) >= 11 is 6.13. The van der Waals surface area contributed by atoms with Crippen LogP contribution in [0.15, 0.2) is 45.2 Å². The second-order valence-corrected chi connectivity index (χ2v) is 7.14. The van der Waals surface area contributed by atoms with Gasteiger partial charge in [-0.05, 0) is 62.6 Å². The fraction of sp³-hybridized carbons (Fsp3) is 0.350. The van der Waals surface area contributed by atoms with Gasteiger partial charge >= 0.3 is 0 Å². The fourth-order valence-corrected chi connectivity index (χ4v) is 3.65. The second kappa shape index (κ2) is 6.70. The maximum Gasteiger partial charge on any atom is 0.263 e. The minimum Gasteiger partial charge on any atom is -0.456 e. The van der Waals surface area contributed by atoms with Crippen molar-refractivity contribution in [3.8, 4) is 11.7 Å². The Morgan fingerprint density at radius 1 is 1.20 bits per heavy atom. The third kappa shape index (κ3) is 3.51. The van der Waals surface area contributed by atoms with Crippen LogP contribution in [0.25, 0.3) is 11.7 Å². The number of halogens is 1. The van der Waals surface area contributed by atoms with Gasteiger partial charge in [0.1, 0.15) is 11.5 Å². The summed E-state index contributed by atoms with van der Waals surface area (Å²) in [6.07, 6.45) is 1.14. The molecule has 25 heavy (non-hydrogen) atoms. The predicted octanol–water partition coefficient (Wildman–Crippen LogP) is 5.19. The number of aromatic nitrogens is 1. The predicted molar refractivity (Wildman–Crippen MR) is 97.8 cm³/mol. The lowest BCUT2D eigenvalue weighted by Crippen LogP contribution is -2.20. The van der Waals surface area contributed by atoms with E-state index < -0.39 is 0 Å². The molecule has 0 aliphatic carbocycles. The van der Waals surface area contributed by atoms with Crippen molar-refractivity contribution in [3.63, 3.8) is 0 Å². The summed E-state index contributed by atoms with van der Waals surface area (Å²) in [7, 11) is 0. The number of likely N-dealkylation sites (tertiary alicyclic amines) is 1. The Balaban J connectivity index is 1.45. The van der Waals surface area contributed by atoms with Crippen molar-refractivity contribution in [2.24, 2.45) is 0 Å². The standard InChI is InChI=1S/C20H21ClN2O2/c1-13-6-7-19(24-13)20-22-18(14(2)25-20)12-23-9-8-16(11-23)15-4-3-5-17(21)10-15/h3-7,10,16H,8-9,11-12H2,1-2H3. The molecule has 1 aromatic carbocycles. The van der Waals surface area contributed by atoms with E-state index in [1.807, 2.05) is 38.1 Å². The Kier molecular flexibility index (Phi) is 4.40. The summed E-state index contributed by atoms with van der Waals surface area (Å²) in [5, 5.41) is 0.807. The molecule has 2 aromatic heterocycles. The van der Waals surface area contributed by atoms with Crippen LogP contribution in [0.2, 0.25) is 5.02 Å². The number of furan rings is 1. The van der Waals surface area contributed by atoms with Gasteiger partial charge in [-0.1, -0.05) is 23.7 Å². The molecule has 5 heteroatoms. The molecule has 1 aliphatic heterocycles. The van der Waals surface area contributed by atoms with Gasteiger partial charge < -0.3 is 8.83 Å². The zero-order valence-electron chi connectivity index (χ0n) is 14.5. The first-order valence-electron chi connectivity index (χ1n) is 8.59. The Bertz CT molecular complexity index is 883. The molecule has 0 bridgehead atoms. The van der Waals surface area contributed by atoms with Crippen molar-refractivity contribution >= 4 is 11.6 Å². The molecule has 1 aliphatic rings. The molecule has 130 valence electrons. The summed E-state index contributed by atoms with van der Waals surface area (Å²) in [6, 6.07) is 12.0. The van der Waals surface area contributed by atoms with E-state index in [0.29, 0.717) is 17.6 Å². The zero-order valence-corrected chi connectivity index (χ0v) is 15.2. The van der Waals surface area contributed by atoms with Gasteiger partial charge in [-0.2, -0.15) is 0 Å². The molecule has 4 nitrogen and oxygen atoms in total. The highest BCUT2D eigenvalue weighted by Gasteiger charge is 2.26. The van der Waals surface area contributed by atoms with Gasteiger partial charge in [0.05, 0.1) is 5.69 Å². The van der Waals surface area contributed by atoms with Crippen molar-refractivity contribution in [2.45, 2.75) is 32.7 Å². The molecule has 1 fully saturated rings. The fourth-order valence-electron chi connectivity index (χ4n) is 3.45. The van der Waals surface area contributed by atoms with E-state index in [9.17, 15) is 0 Å². The molecule has 0 saturated carbocycles. The number of aryl methyl sites for hydroxylation is 2. The number of hydrogen-bond donors (Lipinski definition) is 0. The first-order valence-corrected chi connectivity index (χ1v) is 8.97. The van der Waals surface area contributed by atoms with Gasteiger partial charge in [-0.3, -0.25) is 4.90 Å². The topological polar surface area (TPSA) is 42.4 Å². The summed E-state index contributed by atoms with van der Waals surface area (Å²) in [4.78, 5) is 7.07. The van der Waals surface area contributed by atoms with Crippen LogP contribution in [-0.2, 0) is 6.54 Å². The molecular formula is C20H21ClN2O2. The first kappa shape index (κ1) is 16.4. The highest BCUT2D eigenvalue weighted by Crippen LogP contribution is 2.31. The Morgan fingerprint density at radius 3 is 2.84 bits per heavy atom. The Labute approximate surface area is 152 Å². The minimum absolute atomic E-state index is 0.526. The van der Waals surface area contributed by atoms with Gasteiger partial charge in [-0.25, -0.2) is 4.98 Å². The average molecular weight is 357 g/mol. The van der Waals surface area contributed by atoms with Crippen LogP contribution >= 0.6 is 11.6 Å². The van der Waals surface area contributed by atoms with Gasteiger partial charge in [0, 0.05) is 18.1 Å². The summed E-state index contributed by atoms with van der Waals surface area (Å²) in [5.41, 5.74) is 2.30. The van der Waals surface area contributed by atoms with Crippen molar-refractivity contribution < 1.29 is 8.83 Å². The van der Waals surface area contributed by atoms with Crippen LogP contribution in [0, 0.1) is 13.8 Å². The lowest BCUT2D eigenvalue weighted by atomic mass is 9.99. The molecule has 1 unspecified atom stereocenters. The normalized spacial score (nSPS) is 18.1. The quantitative estimate of drug-likeness (QED) is 0.644. The summed E-state index contributed by atoms with van der Waals surface area (Å²) < 4.78 is 11.4. The monoisotopic (exact) mass is 356 g/mol. The van der Waals surface area contributed by atoms with Crippen molar-refractivity contribution in [1.82, 2.24) is 9.88 Å². The van der Waals surface area contributed by atoms with Gasteiger partial charge in [0.25, 0.3) is 5.89 Å².